The molecular weight excluding hydrogens is 422 g/mol. The number of pyridine rings is 1. The molecule has 3 N–H and O–H groups in total. The number of nitrogens with zero attached hydrogens (tertiary/aromatic N) is 4. The van der Waals surface area contributed by atoms with E-state index < -0.39 is 5.66 Å². The van der Waals surface area contributed by atoms with Crippen LogP contribution in [0.4, 0.5) is 11.6 Å². The molecule has 2 aliphatic rings. The van der Waals surface area contributed by atoms with Crippen LogP contribution in [0.2, 0.25) is 0 Å². The normalized spacial score (nSPS) is 22.0. The van der Waals surface area contributed by atoms with E-state index in [2.05, 4.69) is 30.9 Å². The Kier molecular flexibility index (Phi) is 5.91. The van der Waals surface area contributed by atoms with Gasteiger partial charge in [0.2, 0.25) is 12.3 Å². The highest BCUT2D eigenvalue weighted by molar-refractivity contribution is 5.99. The van der Waals surface area contributed by atoms with Crippen molar-refractivity contribution in [2.24, 2.45) is 5.92 Å². The van der Waals surface area contributed by atoms with E-state index in [1.54, 1.807) is 50.4 Å². The summed E-state index contributed by atoms with van der Waals surface area (Å²) in [6.07, 6.45) is 7.16. The molecular formula is C23H25N7O3. The molecule has 33 heavy (non-hydrogen) atoms. The van der Waals surface area contributed by atoms with E-state index >= 15 is 0 Å². The number of nitrogens with one attached hydrogen (secondary N) is 3. The Morgan fingerprint density at radius 2 is 1.91 bits per heavy atom. The van der Waals surface area contributed by atoms with Crippen LogP contribution in [0.5, 0.6) is 0 Å². The average Bonchev–Trinajstić information content (AvgIpc) is 3.59. The molecule has 10 nitrogen and oxygen atoms in total. The molecule has 1 saturated heterocycles. The highest BCUT2D eigenvalue weighted by Gasteiger charge is 2.47. The fraction of sp³-hybridized carbons (Fsp3) is 0.304. The monoisotopic (exact) mass is 447 g/mol. The minimum atomic E-state index is -1.09. The first-order valence-electron chi connectivity index (χ1n) is 10.6. The quantitative estimate of drug-likeness (QED) is 0.439. The van der Waals surface area contributed by atoms with Crippen molar-refractivity contribution in [2.75, 3.05) is 10.6 Å². The van der Waals surface area contributed by atoms with E-state index in [4.69, 9.17) is 0 Å². The summed E-state index contributed by atoms with van der Waals surface area (Å²) in [5.41, 5.74) is 0.963. The van der Waals surface area contributed by atoms with Gasteiger partial charge in [-0.1, -0.05) is 6.07 Å². The first kappa shape index (κ1) is 22.1. The van der Waals surface area contributed by atoms with Gasteiger partial charge in [-0.15, -0.1) is 0 Å². The van der Waals surface area contributed by atoms with E-state index in [-0.39, 0.29) is 23.4 Å². The fourth-order valence-corrected chi connectivity index (χ4v) is 3.74. The Morgan fingerprint density at radius 3 is 2.55 bits per heavy atom. The van der Waals surface area contributed by atoms with Crippen molar-refractivity contribution in [2.45, 2.75) is 39.3 Å². The highest BCUT2D eigenvalue weighted by atomic mass is 16.2. The summed E-state index contributed by atoms with van der Waals surface area (Å²) in [6, 6.07) is 6.96. The van der Waals surface area contributed by atoms with Gasteiger partial charge in [-0.2, -0.15) is 0 Å². The van der Waals surface area contributed by atoms with Gasteiger partial charge in [0, 0.05) is 23.9 Å². The largest absolute Gasteiger partial charge is 0.344 e. The predicted octanol–water partition coefficient (Wildman–Crippen LogP) is 2.27. The number of aromatic nitrogens is 3. The van der Waals surface area contributed by atoms with E-state index in [0.717, 1.165) is 12.8 Å². The molecule has 3 amide bonds. The summed E-state index contributed by atoms with van der Waals surface area (Å²) >= 11 is 0. The van der Waals surface area contributed by atoms with Crippen LogP contribution in [0.25, 0.3) is 0 Å². The molecule has 2 aromatic rings. The number of hydrogen-bond donors (Lipinski definition) is 3. The molecule has 2 aromatic heterocycles. The lowest BCUT2D eigenvalue weighted by molar-refractivity contribution is -0.120. The molecule has 0 radical (unpaired) electrons. The molecule has 1 aliphatic heterocycles. The summed E-state index contributed by atoms with van der Waals surface area (Å²) in [4.78, 5) is 50.7. The number of allylic oxidation sites excluding steroid dienone is 3. The molecule has 1 saturated carbocycles. The lowest BCUT2D eigenvalue weighted by Crippen LogP contribution is -2.46. The number of carbonyl (C=O) groups excluding carboxylic acids is 3. The molecule has 170 valence electrons. The average molecular weight is 447 g/mol. The number of hydrogen-bond acceptors (Lipinski definition) is 7. The van der Waals surface area contributed by atoms with Crippen molar-refractivity contribution >= 4 is 29.9 Å². The van der Waals surface area contributed by atoms with Gasteiger partial charge in [0.25, 0.3) is 5.91 Å². The van der Waals surface area contributed by atoms with Gasteiger partial charge in [-0.05, 0) is 57.4 Å². The first-order valence-corrected chi connectivity index (χ1v) is 10.6. The maximum absolute atomic E-state index is 12.8. The fourth-order valence-electron chi connectivity index (χ4n) is 3.74. The minimum Gasteiger partial charge on any atom is -0.344 e. The number of rotatable bonds is 7. The molecule has 3 heterocycles. The zero-order valence-electron chi connectivity index (χ0n) is 18.6. The van der Waals surface area contributed by atoms with Gasteiger partial charge >= 0.3 is 0 Å². The van der Waals surface area contributed by atoms with Gasteiger partial charge in [-0.3, -0.25) is 24.3 Å². The third-order valence-corrected chi connectivity index (χ3v) is 5.56. The van der Waals surface area contributed by atoms with Crippen molar-refractivity contribution in [1.29, 1.82) is 0 Å². The van der Waals surface area contributed by atoms with E-state index in [9.17, 15) is 14.4 Å². The molecule has 1 unspecified atom stereocenters. The summed E-state index contributed by atoms with van der Waals surface area (Å²) in [5, 5.41) is 8.78. The van der Waals surface area contributed by atoms with E-state index in [1.807, 2.05) is 6.92 Å². The van der Waals surface area contributed by atoms with Gasteiger partial charge in [0.15, 0.2) is 5.66 Å². The zero-order valence-corrected chi connectivity index (χ0v) is 18.6. The minimum absolute atomic E-state index is 0.0374. The molecule has 10 heteroatoms. The van der Waals surface area contributed by atoms with Crippen molar-refractivity contribution in [1.82, 2.24) is 25.2 Å². The predicted molar refractivity (Wildman–Crippen MR) is 121 cm³/mol. The third kappa shape index (κ3) is 4.59. The van der Waals surface area contributed by atoms with Crippen LogP contribution in [-0.2, 0) is 20.0 Å². The maximum Gasteiger partial charge on any atom is 0.270 e. The van der Waals surface area contributed by atoms with Crippen LogP contribution in [0.15, 0.2) is 59.8 Å². The SMILES string of the molecule is CC(/C=C(\C)Nc1cc(NC(=O)C2CC2)ncn1)=C1\C(=O)NC(C)(c2ccccn2)N1C=O. The van der Waals surface area contributed by atoms with Crippen molar-refractivity contribution in [3.8, 4) is 0 Å². The maximum atomic E-state index is 12.8. The number of amides is 3. The standard InChI is InChI=1S/C23H25N7O3/c1-14(20-22(33)29-23(3,30(20)13-31)17-6-4-5-9-24-17)10-15(2)27-18-11-19(26-12-25-18)28-21(32)16-7-8-16/h4-6,9-13,16H,7-8H2,1-3H3,(H,29,33)(H2,25,26,27,28,32)/b15-10+,20-14-. The summed E-state index contributed by atoms with van der Waals surface area (Å²) < 4.78 is 0. The lowest BCUT2D eigenvalue weighted by atomic mass is 10.1. The van der Waals surface area contributed by atoms with E-state index in [1.165, 1.54) is 11.2 Å². The molecule has 1 atom stereocenters. The summed E-state index contributed by atoms with van der Waals surface area (Å²) in [7, 11) is 0. The van der Waals surface area contributed by atoms with Crippen LogP contribution >= 0.6 is 0 Å². The third-order valence-electron chi connectivity index (χ3n) is 5.56. The van der Waals surface area contributed by atoms with Crippen molar-refractivity contribution in [3.63, 3.8) is 0 Å². The second kappa shape index (κ2) is 8.81. The Bertz CT molecular complexity index is 1160. The van der Waals surface area contributed by atoms with Crippen LogP contribution in [0.1, 0.15) is 39.3 Å². The molecule has 0 aromatic carbocycles. The van der Waals surface area contributed by atoms with Gasteiger partial charge < -0.3 is 16.0 Å². The van der Waals surface area contributed by atoms with E-state index in [0.29, 0.717) is 35.0 Å². The Balaban J connectivity index is 1.55. The number of anilines is 2. The Labute approximate surface area is 191 Å². The second-order valence-corrected chi connectivity index (χ2v) is 8.25. The second-order valence-electron chi connectivity index (χ2n) is 8.25. The highest BCUT2D eigenvalue weighted by Crippen LogP contribution is 2.34. The van der Waals surface area contributed by atoms with Crippen LogP contribution in [0, 0.1) is 5.92 Å². The van der Waals surface area contributed by atoms with Gasteiger partial charge in [0.05, 0.1) is 5.69 Å². The number of carbonyl (C=O) groups is 3. The summed E-state index contributed by atoms with van der Waals surface area (Å²) in [5.74, 6) is 0.570. The lowest BCUT2D eigenvalue weighted by Gasteiger charge is -2.31. The zero-order chi connectivity index (χ0) is 23.6. The van der Waals surface area contributed by atoms with Crippen LogP contribution in [0.3, 0.4) is 0 Å². The first-order chi connectivity index (χ1) is 15.8. The van der Waals surface area contributed by atoms with Crippen molar-refractivity contribution < 1.29 is 14.4 Å². The van der Waals surface area contributed by atoms with Gasteiger partial charge in [-0.25, -0.2) is 9.97 Å². The van der Waals surface area contributed by atoms with Crippen LogP contribution in [-0.4, -0.2) is 38.1 Å². The Hall–Kier alpha value is -4.08. The van der Waals surface area contributed by atoms with Crippen molar-refractivity contribution in [3.05, 3.63) is 65.5 Å². The molecule has 0 bridgehead atoms. The smallest absolute Gasteiger partial charge is 0.270 e. The molecule has 1 aliphatic carbocycles. The van der Waals surface area contributed by atoms with Gasteiger partial charge in [0.1, 0.15) is 23.7 Å². The molecule has 4 rings (SSSR count). The Morgan fingerprint density at radius 1 is 1.18 bits per heavy atom. The van der Waals surface area contributed by atoms with Crippen LogP contribution < -0.4 is 16.0 Å². The topological polar surface area (TPSA) is 129 Å². The molecule has 0 spiro atoms. The summed E-state index contributed by atoms with van der Waals surface area (Å²) in [6.45, 7) is 5.29. The molecule has 2 fully saturated rings.